The Morgan fingerprint density at radius 1 is 0.642 bits per heavy atom. The number of nitrogens with zero attached hydrogens (tertiary/aromatic N) is 12. The van der Waals surface area contributed by atoms with Crippen LogP contribution in [0.5, 0.6) is 0 Å². The average molecular weight is 1020 g/mol. The third-order valence-electron chi connectivity index (χ3n) is 10.8. The standard InChI is InChI=1S/C31H40N15O17P3S/c1-55-21-15(5-56-64(49,50)51)61-31(46-11-43-18-25(34)37-8-40-28(18)46)22(21)63-65(52,53)57-3-12-2-13(29(59-12)44-9-41-16-23(32)35-6-38-26(16)44)62-66(54,67)58-4-14-19(47)20(48)30(60-14)45-10-42-17-24(33)36-7-39-27(17)45/h6-15,19-22,29-31,47-48H,2-5H2,1H3,(H,52,53)(H,54,67)(H2,32,35,38)(H2,33,36,39)(H2,34,37,40)(H2,49,50,51)/t12-,13+,14+,15+,19+,20+,21?,22+,29+,30+,31+,66?/m0/s1. The fourth-order valence-electron chi connectivity index (χ4n) is 7.79. The molecule has 32 nitrogen and oxygen atoms in total. The van der Waals surface area contributed by atoms with Gasteiger partial charge >= 0.3 is 22.4 Å². The van der Waals surface area contributed by atoms with Crippen molar-refractivity contribution < 1.29 is 80.5 Å². The van der Waals surface area contributed by atoms with E-state index in [1.54, 1.807) is 0 Å². The van der Waals surface area contributed by atoms with Gasteiger partial charge in [-0.1, -0.05) is 0 Å². The Labute approximate surface area is 379 Å². The summed E-state index contributed by atoms with van der Waals surface area (Å²) in [6, 6.07) is 0. The van der Waals surface area contributed by atoms with Gasteiger partial charge in [-0.3, -0.25) is 27.3 Å². The van der Waals surface area contributed by atoms with Gasteiger partial charge in [0.25, 0.3) is 0 Å². The maximum atomic E-state index is 13.8. The lowest BCUT2D eigenvalue weighted by atomic mass is 10.1. The van der Waals surface area contributed by atoms with Gasteiger partial charge in [0.2, 0.25) is 0 Å². The van der Waals surface area contributed by atoms with Crippen molar-refractivity contribution in [2.75, 3.05) is 44.1 Å². The number of ether oxygens (including phenoxy) is 4. The van der Waals surface area contributed by atoms with Gasteiger partial charge in [0.1, 0.15) is 78.3 Å². The zero-order valence-corrected chi connectivity index (χ0v) is 37.7. The van der Waals surface area contributed by atoms with Crippen LogP contribution in [0.1, 0.15) is 25.1 Å². The molecule has 12 N–H and O–H groups in total. The van der Waals surface area contributed by atoms with Gasteiger partial charge in [0.15, 0.2) is 53.1 Å². The number of imidazole rings is 3. The number of nitrogen functional groups attached to an aromatic ring is 3. The van der Waals surface area contributed by atoms with Crippen LogP contribution in [0.15, 0.2) is 38.0 Å². The van der Waals surface area contributed by atoms with E-state index < -0.39 is 110 Å². The molecule has 3 aliphatic rings. The first-order valence-corrected chi connectivity index (χ1v) is 25.1. The molecular weight excluding hydrogens is 979 g/mol. The number of aliphatic hydroxyl groups excluding tert-OH is 2. The van der Waals surface area contributed by atoms with E-state index in [4.69, 9.17) is 66.1 Å². The highest BCUT2D eigenvalue weighted by Crippen LogP contribution is 2.53. The molecule has 67 heavy (non-hydrogen) atoms. The molecule has 0 aromatic carbocycles. The van der Waals surface area contributed by atoms with Crippen molar-refractivity contribution in [1.82, 2.24) is 58.6 Å². The Hall–Kier alpha value is -4.44. The number of fused-ring (bicyclic) bond motifs is 3. The van der Waals surface area contributed by atoms with Crippen LogP contribution in [-0.2, 0) is 62.5 Å². The molecule has 0 bridgehead atoms. The van der Waals surface area contributed by atoms with Crippen molar-refractivity contribution in [3.05, 3.63) is 38.0 Å². The lowest BCUT2D eigenvalue weighted by molar-refractivity contribution is -0.0609. The van der Waals surface area contributed by atoms with Gasteiger partial charge in [-0.25, -0.2) is 54.0 Å². The SMILES string of the molecule is COC1[C@@H](OP(=O)(O)OC[C@@H]2C[C@@H](OP(O)(=S)OC[C@H]3O[C@@H](n4cnc5c(N)ncnc54)[C@H](O)[C@@H]3O)[C@H](n3cnc4c(N)ncnc43)O2)[C@H](n2cnc3c(N)ncnc32)O[C@@H]1COP(=O)(O)O. The van der Waals surface area contributed by atoms with Gasteiger partial charge in [-0.15, -0.1) is 0 Å². The number of methoxy groups -OCH3 is 1. The molecule has 6 aromatic rings. The number of aliphatic hydroxyl groups is 2. The molecule has 0 saturated carbocycles. The summed E-state index contributed by atoms with van der Waals surface area (Å²) in [5, 5.41) is 21.8. The second kappa shape index (κ2) is 18.5. The smallest absolute Gasteiger partial charge is 0.387 e. The molecule has 3 saturated heterocycles. The van der Waals surface area contributed by atoms with E-state index in [-0.39, 0.29) is 57.4 Å². The van der Waals surface area contributed by atoms with Gasteiger partial charge in [0, 0.05) is 13.5 Å². The highest BCUT2D eigenvalue weighted by Gasteiger charge is 2.52. The van der Waals surface area contributed by atoms with Crippen molar-refractivity contribution in [1.29, 1.82) is 0 Å². The first-order valence-electron chi connectivity index (χ1n) is 19.5. The molecule has 3 unspecified atom stereocenters. The van der Waals surface area contributed by atoms with E-state index in [0.29, 0.717) is 0 Å². The number of hydrogen-bond donors (Lipinski definition) is 9. The van der Waals surface area contributed by atoms with Crippen LogP contribution in [-0.4, -0.2) is 164 Å². The van der Waals surface area contributed by atoms with E-state index in [1.807, 2.05) is 0 Å². The summed E-state index contributed by atoms with van der Waals surface area (Å²) in [6.07, 6.45) is -7.48. The average Bonchev–Trinajstić information content (AvgIpc) is 4.13. The molecule has 0 spiro atoms. The van der Waals surface area contributed by atoms with Crippen molar-refractivity contribution in [2.45, 2.75) is 73.9 Å². The topological polar surface area (TPSA) is 447 Å². The number of hydrogen-bond acceptors (Lipinski definition) is 26. The van der Waals surface area contributed by atoms with Gasteiger partial charge in [-0.05, 0) is 11.8 Å². The number of nitrogens with two attached hydrogens (primary N) is 3. The summed E-state index contributed by atoms with van der Waals surface area (Å²) in [4.78, 5) is 78.3. The zero-order chi connectivity index (χ0) is 47.6. The monoisotopic (exact) mass is 1020 g/mol. The van der Waals surface area contributed by atoms with E-state index in [9.17, 15) is 38.9 Å². The van der Waals surface area contributed by atoms with E-state index in [0.717, 1.165) is 6.33 Å². The summed E-state index contributed by atoms with van der Waals surface area (Å²) in [6.45, 7) is -6.29. The van der Waals surface area contributed by atoms with Crippen molar-refractivity contribution in [2.24, 2.45) is 0 Å². The first kappa shape index (κ1) is 47.6. The third kappa shape index (κ3) is 9.63. The Kier molecular flexibility index (Phi) is 13.1. The van der Waals surface area contributed by atoms with Gasteiger partial charge in [-0.2, -0.15) is 0 Å². The second-order valence-corrected chi connectivity index (χ2v) is 20.4. The maximum Gasteiger partial charge on any atom is 0.472 e. The number of phosphoric acid groups is 2. The molecular formula is C31H40N15O17P3S. The van der Waals surface area contributed by atoms with Gasteiger partial charge in [0.05, 0.1) is 44.9 Å². The highest BCUT2D eigenvalue weighted by molar-refractivity contribution is 8.07. The number of phosphoric ester groups is 2. The summed E-state index contributed by atoms with van der Waals surface area (Å²) in [5.41, 5.74) is 18.9. The number of anilines is 3. The van der Waals surface area contributed by atoms with Crippen molar-refractivity contribution in [3.8, 4) is 0 Å². The second-order valence-electron chi connectivity index (χ2n) is 15.0. The molecule has 6 aromatic heterocycles. The molecule has 3 aliphatic heterocycles. The largest absolute Gasteiger partial charge is 0.472 e. The summed E-state index contributed by atoms with van der Waals surface area (Å²) in [7, 11) is -9.00. The van der Waals surface area contributed by atoms with Crippen LogP contribution in [0.25, 0.3) is 33.5 Å². The molecule has 362 valence electrons. The summed E-state index contributed by atoms with van der Waals surface area (Å²) < 4.78 is 80.5. The summed E-state index contributed by atoms with van der Waals surface area (Å²) >= 11 is 5.38. The quantitative estimate of drug-likeness (QED) is 0.0460. The predicted octanol–water partition coefficient (Wildman–Crippen LogP) is -1.70. The molecule has 9 heterocycles. The Balaban J connectivity index is 0.909. The molecule has 0 aliphatic carbocycles. The van der Waals surface area contributed by atoms with Crippen LogP contribution in [0.4, 0.5) is 17.5 Å². The lowest BCUT2D eigenvalue weighted by Crippen LogP contribution is -2.37. The molecule has 0 radical (unpaired) electrons. The fourth-order valence-corrected chi connectivity index (χ4v) is 10.5. The van der Waals surface area contributed by atoms with Gasteiger partial charge < -0.3 is 75.0 Å². The van der Waals surface area contributed by atoms with E-state index >= 15 is 0 Å². The van der Waals surface area contributed by atoms with Crippen LogP contribution in [0.2, 0.25) is 0 Å². The predicted molar refractivity (Wildman–Crippen MR) is 224 cm³/mol. The third-order valence-corrected chi connectivity index (χ3v) is 13.8. The fraction of sp³-hybridized carbons (Fsp3) is 0.516. The Bertz CT molecular complexity index is 2930. The van der Waals surface area contributed by atoms with Crippen molar-refractivity contribution >= 4 is 85.1 Å². The van der Waals surface area contributed by atoms with Crippen LogP contribution >= 0.6 is 22.4 Å². The Morgan fingerprint density at radius 3 is 1.69 bits per heavy atom. The number of rotatable bonds is 17. The van der Waals surface area contributed by atoms with Crippen LogP contribution in [0, 0.1) is 0 Å². The lowest BCUT2D eigenvalue weighted by Gasteiger charge is -2.26. The molecule has 13 atom stereocenters. The summed E-state index contributed by atoms with van der Waals surface area (Å²) in [5.74, 6) is 0.108. The van der Waals surface area contributed by atoms with Crippen LogP contribution < -0.4 is 17.2 Å². The minimum atomic E-state index is -5.18. The Morgan fingerprint density at radius 2 is 1.15 bits per heavy atom. The highest BCUT2D eigenvalue weighted by atomic mass is 32.5. The normalized spacial score (nSPS) is 29.9. The zero-order valence-electron chi connectivity index (χ0n) is 34.2. The van der Waals surface area contributed by atoms with Crippen LogP contribution in [0.3, 0.4) is 0 Å². The first-order chi connectivity index (χ1) is 31.8. The van der Waals surface area contributed by atoms with E-state index in [1.165, 1.54) is 52.4 Å². The minimum Gasteiger partial charge on any atom is -0.387 e. The maximum absolute atomic E-state index is 13.8. The van der Waals surface area contributed by atoms with E-state index in [2.05, 4.69) is 49.4 Å². The molecule has 9 rings (SSSR count). The molecule has 3 fully saturated rings. The molecule has 36 heteroatoms. The minimum absolute atomic E-state index is 0.00191. The number of aromatic nitrogens is 12. The molecule has 0 amide bonds. The van der Waals surface area contributed by atoms with Crippen molar-refractivity contribution in [3.63, 3.8) is 0 Å².